The van der Waals surface area contributed by atoms with Gasteiger partial charge < -0.3 is 5.11 Å². The number of aliphatic hydroxyl groups is 1. The molecule has 2 heterocycles. The van der Waals surface area contributed by atoms with Crippen LogP contribution in [-0.2, 0) is 9.59 Å². The smallest absolute Gasteiger partial charge is 0.301 e. The van der Waals surface area contributed by atoms with Crippen LogP contribution >= 0.6 is 22.9 Å². The number of aryl methyl sites for hydroxylation is 3. The van der Waals surface area contributed by atoms with E-state index in [-0.39, 0.29) is 11.3 Å². The zero-order chi connectivity index (χ0) is 24.1. The van der Waals surface area contributed by atoms with Crippen molar-refractivity contribution in [3.8, 4) is 0 Å². The van der Waals surface area contributed by atoms with Gasteiger partial charge in [0.05, 0.1) is 21.8 Å². The maximum atomic E-state index is 13.4. The fourth-order valence-corrected chi connectivity index (χ4v) is 5.49. The standard InChI is InChI=1S/C27H21ClN2O3S/c1-14-5-4-6-17(11-14)23-22(24(31)18-8-7-15(2)16(3)12-18)25(32)26(33)30(23)27-29-20-10-9-19(28)13-21(20)34-27/h4-13,23,31H,1-3H3/b24-22+. The molecule has 7 heteroatoms. The van der Waals surface area contributed by atoms with Crippen LogP contribution in [0.15, 0.2) is 66.2 Å². The lowest BCUT2D eigenvalue weighted by atomic mass is 9.93. The molecule has 5 nitrogen and oxygen atoms in total. The van der Waals surface area contributed by atoms with Crippen molar-refractivity contribution in [1.29, 1.82) is 0 Å². The molecule has 1 aliphatic rings. The highest BCUT2D eigenvalue weighted by atomic mass is 35.5. The summed E-state index contributed by atoms with van der Waals surface area (Å²) in [5.41, 5.74) is 4.98. The maximum absolute atomic E-state index is 13.4. The molecule has 1 atom stereocenters. The highest BCUT2D eigenvalue weighted by Crippen LogP contribution is 2.44. The van der Waals surface area contributed by atoms with Gasteiger partial charge in [-0.3, -0.25) is 14.5 Å². The van der Waals surface area contributed by atoms with Gasteiger partial charge in [-0.05, 0) is 61.7 Å². The fourth-order valence-electron chi connectivity index (χ4n) is 4.22. The SMILES string of the molecule is Cc1cccc(C2/C(=C(\O)c3ccc(C)c(C)c3)C(=O)C(=O)N2c2nc3ccc(Cl)cc3s2)c1. The first-order valence-corrected chi connectivity index (χ1v) is 12.0. The Morgan fingerprint density at radius 1 is 1.00 bits per heavy atom. The number of benzene rings is 3. The zero-order valence-corrected chi connectivity index (χ0v) is 20.4. The Balaban J connectivity index is 1.74. The molecule has 5 rings (SSSR count). The van der Waals surface area contributed by atoms with Gasteiger partial charge in [-0.2, -0.15) is 0 Å². The summed E-state index contributed by atoms with van der Waals surface area (Å²) in [5.74, 6) is -1.65. The molecule has 1 amide bonds. The number of ketones is 1. The molecule has 0 bridgehead atoms. The third-order valence-corrected chi connectivity index (χ3v) is 7.38. The van der Waals surface area contributed by atoms with E-state index >= 15 is 0 Å². The van der Waals surface area contributed by atoms with E-state index in [1.807, 2.05) is 57.2 Å². The molecule has 1 aromatic heterocycles. The molecule has 3 aromatic carbocycles. The lowest BCUT2D eigenvalue weighted by Crippen LogP contribution is -2.29. The van der Waals surface area contributed by atoms with Gasteiger partial charge in [0.15, 0.2) is 5.13 Å². The average molecular weight is 489 g/mol. The number of carbonyl (C=O) groups excluding carboxylic acids is 2. The second-order valence-electron chi connectivity index (χ2n) is 8.49. The van der Waals surface area contributed by atoms with Gasteiger partial charge in [-0.1, -0.05) is 64.9 Å². The van der Waals surface area contributed by atoms with Gasteiger partial charge in [0.25, 0.3) is 5.78 Å². The summed E-state index contributed by atoms with van der Waals surface area (Å²) in [6.07, 6.45) is 0. The molecular weight excluding hydrogens is 468 g/mol. The number of nitrogens with zero attached hydrogens (tertiary/aromatic N) is 2. The number of fused-ring (bicyclic) bond motifs is 1. The zero-order valence-electron chi connectivity index (χ0n) is 18.8. The third-order valence-electron chi connectivity index (χ3n) is 6.13. The van der Waals surface area contributed by atoms with E-state index in [2.05, 4.69) is 4.98 Å². The monoisotopic (exact) mass is 488 g/mol. The minimum atomic E-state index is -0.808. The number of anilines is 1. The van der Waals surface area contributed by atoms with Crippen molar-refractivity contribution < 1.29 is 14.7 Å². The molecule has 1 fully saturated rings. The molecular formula is C27H21ClN2O3S. The molecule has 0 spiro atoms. The van der Waals surface area contributed by atoms with Crippen molar-refractivity contribution in [1.82, 2.24) is 4.98 Å². The maximum Gasteiger partial charge on any atom is 0.301 e. The summed E-state index contributed by atoms with van der Waals surface area (Å²) in [6, 6.07) is 17.6. The minimum Gasteiger partial charge on any atom is -0.507 e. The van der Waals surface area contributed by atoms with Crippen LogP contribution in [0, 0.1) is 20.8 Å². The topological polar surface area (TPSA) is 70.5 Å². The van der Waals surface area contributed by atoms with Crippen LogP contribution in [0.4, 0.5) is 5.13 Å². The predicted octanol–water partition coefficient (Wildman–Crippen LogP) is 6.50. The van der Waals surface area contributed by atoms with E-state index < -0.39 is 17.7 Å². The number of rotatable bonds is 3. The Kier molecular flexibility index (Phi) is 5.50. The lowest BCUT2D eigenvalue weighted by Gasteiger charge is -2.23. The summed E-state index contributed by atoms with van der Waals surface area (Å²) >= 11 is 7.43. The lowest BCUT2D eigenvalue weighted by molar-refractivity contribution is -0.132. The Bertz CT molecular complexity index is 1520. The second kappa shape index (κ2) is 8.38. The number of hydrogen-bond acceptors (Lipinski definition) is 5. The van der Waals surface area contributed by atoms with E-state index in [0.29, 0.717) is 21.2 Å². The molecule has 1 aliphatic heterocycles. The number of halogens is 1. The molecule has 1 N–H and O–H groups in total. The van der Waals surface area contributed by atoms with Crippen LogP contribution in [0.2, 0.25) is 5.02 Å². The largest absolute Gasteiger partial charge is 0.507 e. The first kappa shape index (κ1) is 22.3. The molecule has 0 aliphatic carbocycles. The molecule has 0 saturated carbocycles. The molecule has 1 unspecified atom stereocenters. The van der Waals surface area contributed by atoms with Gasteiger partial charge in [-0.25, -0.2) is 4.98 Å². The van der Waals surface area contributed by atoms with E-state index in [0.717, 1.165) is 27.0 Å². The van der Waals surface area contributed by atoms with Gasteiger partial charge in [0.2, 0.25) is 0 Å². The summed E-state index contributed by atoms with van der Waals surface area (Å²) in [7, 11) is 0. The summed E-state index contributed by atoms with van der Waals surface area (Å²) in [6.45, 7) is 5.86. The summed E-state index contributed by atoms with van der Waals surface area (Å²) in [5, 5.41) is 12.3. The molecule has 1 saturated heterocycles. The Morgan fingerprint density at radius 2 is 1.79 bits per heavy atom. The van der Waals surface area contributed by atoms with E-state index in [4.69, 9.17) is 11.6 Å². The average Bonchev–Trinajstić information content (AvgIpc) is 3.33. The third kappa shape index (κ3) is 3.69. The number of hydrogen-bond donors (Lipinski definition) is 1. The van der Waals surface area contributed by atoms with Crippen molar-refractivity contribution in [2.45, 2.75) is 26.8 Å². The van der Waals surface area contributed by atoms with E-state index in [1.165, 1.54) is 16.2 Å². The van der Waals surface area contributed by atoms with Crippen molar-refractivity contribution >= 4 is 55.7 Å². The van der Waals surface area contributed by atoms with Crippen LogP contribution in [0.1, 0.15) is 33.9 Å². The molecule has 34 heavy (non-hydrogen) atoms. The van der Waals surface area contributed by atoms with Gasteiger partial charge in [0, 0.05) is 10.6 Å². The minimum absolute atomic E-state index is 0.0520. The van der Waals surface area contributed by atoms with E-state index in [9.17, 15) is 14.7 Å². The van der Waals surface area contributed by atoms with Crippen molar-refractivity contribution in [2.75, 3.05) is 4.90 Å². The Labute approximate surface area is 205 Å². The second-order valence-corrected chi connectivity index (χ2v) is 9.94. The Hall–Kier alpha value is -3.48. The van der Waals surface area contributed by atoms with Gasteiger partial charge >= 0.3 is 5.91 Å². The van der Waals surface area contributed by atoms with Crippen molar-refractivity contribution in [3.63, 3.8) is 0 Å². The number of aliphatic hydroxyl groups excluding tert-OH is 1. The quantitative estimate of drug-likeness (QED) is 0.203. The van der Waals surface area contributed by atoms with Crippen LogP contribution in [0.5, 0.6) is 0 Å². The van der Waals surface area contributed by atoms with Crippen LogP contribution < -0.4 is 4.90 Å². The fraction of sp³-hybridized carbons (Fsp3) is 0.148. The highest BCUT2D eigenvalue weighted by molar-refractivity contribution is 7.22. The summed E-state index contributed by atoms with van der Waals surface area (Å²) in [4.78, 5) is 32.7. The van der Waals surface area contributed by atoms with E-state index in [1.54, 1.807) is 24.3 Å². The van der Waals surface area contributed by atoms with Crippen LogP contribution in [-0.4, -0.2) is 21.8 Å². The number of thiazole rings is 1. The summed E-state index contributed by atoms with van der Waals surface area (Å²) < 4.78 is 0.807. The molecule has 170 valence electrons. The van der Waals surface area contributed by atoms with Gasteiger partial charge in [0.1, 0.15) is 5.76 Å². The van der Waals surface area contributed by atoms with Crippen LogP contribution in [0.3, 0.4) is 0 Å². The number of aromatic nitrogens is 1. The predicted molar refractivity (Wildman–Crippen MR) is 137 cm³/mol. The number of amides is 1. The highest BCUT2D eigenvalue weighted by Gasteiger charge is 2.48. The van der Waals surface area contributed by atoms with Crippen molar-refractivity contribution in [3.05, 3.63) is 99.1 Å². The molecule has 0 radical (unpaired) electrons. The first-order valence-electron chi connectivity index (χ1n) is 10.8. The normalized spacial score (nSPS) is 17.6. The Morgan fingerprint density at radius 3 is 2.53 bits per heavy atom. The van der Waals surface area contributed by atoms with Crippen molar-refractivity contribution in [2.24, 2.45) is 0 Å². The van der Waals surface area contributed by atoms with Crippen LogP contribution in [0.25, 0.3) is 16.0 Å². The number of Topliss-reactive ketones (excluding diaryl/α,β-unsaturated/α-hetero) is 1. The number of carbonyl (C=O) groups is 2. The first-order chi connectivity index (χ1) is 16.2. The van der Waals surface area contributed by atoms with Gasteiger partial charge in [-0.15, -0.1) is 0 Å². The molecule has 4 aromatic rings.